The van der Waals surface area contributed by atoms with Crippen LogP contribution in [0.15, 0.2) is 78.9 Å². The lowest BCUT2D eigenvalue weighted by Crippen LogP contribution is -1.95. The zero-order chi connectivity index (χ0) is 21.3. The smallest absolute Gasteiger partial charge is 0.159 e. The fourth-order valence-corrected chi connectivity index (χ4v) is 3.36. The van der Waals surface area contributed by atoms with Gasteiger partial charge in [-0.15, -0.1) is 0 Å². The molecule has 0 heterocycles. The molecule has 0 aliphatic carbocycles. The second-order valence-corrected chi connectivity index (χ2v) is 6.92. The van der Waals surface area contributed by atoms with Gasteiger partial charge in [-0.25, -0.2) is 17.6 Å². The minimum atomic E-state index is -1.16. The lowest BCUT2D eigenvalue weighted by Gasteiger charge is -2.10. The van der Waals surface area contributed by atoms with Crippen LogP contribution in [0.1, 0.15) is 5.56 Å². The van der Waals surface area contributed by atoms with Crippen molar-refractivity contribution in [1.82, 2.24) is 0 Å². The Balaban J connectivity index is 1.66. The number of rotatable bonds is 4. The molecule has 0 atom stereocenters. The van der Waals surface area contributed by atoms with E-state index in [1.807, 2.05) is 36.4 Å². The van der Waals surface area contributed by atoms with Gasteiger partial charge in [-0.05, 0) is 57.6 Å². The molecule has 0 aliphatic heterocycles. The molecule has 0 saturated carbocycles. The second-order valence-electron chi connectivity index (χ2n) is 6.92. The maximum Gasteiger partial charge on any atom is 0.159 e. The largest absolute Gasteiger partial charge is 0.326 e. The highest BCUT2D eigenvalue weighted by atomic mass is 19.2. The van der Waals surface area contributed by atoms with Gasteiger partial charge in [0.25, 0.3) is 0 Å². The molecule has 5 heteroatoms. The van der Waals surface area contributed by atoms with Gasteiger partial charge in [0.05, 0.1) is 5.56 Å². The van der Waals surface area contributed by atoms with Crippen molar-refractivity contribution in [3.8, 4) is 33.4 Å². The van der Waals surface area contributed by atoms with E-state index in [1.54, 1.807) is 12.1 Å². The van der Waals surface area contributed by atoms with E-state index < -0.39 is 28.8 Å². The van der Waals surface area contributed by atoms with Gasteiger partial charge in [0, 0.05) is 6.54 Å². The molecule has 0 bridgehead atoms. The van der Waals surface area contributed by atoms with Crippen LogP contribution in [0.2, 0.25) is 0 Å². The number of benzene rings is 4. The zero-order valence-electron chi connectivity index (χ0n) is 15.8. The van der Waals surface area contributed by atoms with Crippen molar-refractivity contribution in [1.29, 1.82) is 0 Å². The molecule has 0 unspecified atom stereocenters. The molecule has 0 spiro atoms. The van der Waals surface area contributed by atoms with E-state index >= 15 is 0 Å². The Morgan fingerprint density at radius 2 is 0.900 bits per heavy atom. The van der Waals surface area contributed by atoms with Gasteiger partial charge >= 0.3 is 0 Å². The third-order valence-electron chi connectivity index (χ3n) is 4.99. The minimum Gasteiger partial charge on any atom is -0.326 e. The third-order valence-corrected chi connectivity index (χ3v) is 4.99. The molecule has 2 N–H and O–H groups in total. The first-order chi connectivity index (χ1) is 14.5. The molecule has 0 aliphatic rings. The lowest BCUT2D eigenvalue weighted by atomic mass is 9.97. The van der Waals surface area contributed by atoms with Crippen molar-refractivity contribution in [2.45, 2.75) is 6.54 Å². The molecule has 0 fully saturated rings. The number of halogens is 4. The first-order valence-corrected chi connectivity index (χ1v) is 9.30. The summed E-state index contributed by atoms with van der Waals surface area (Å²) < 4.78 is 55.9. The van der Waals surface area contributed by atoms with Crippen molar-refractivity contribution in [3.63, 3.8) is 0 Å². The Morgan fingerprint density at radius 1 is 0.467 bits per heavy atom. The summed E-state index contributed by atoms with van der Waals surface area (Å²) in [4.78, 5) is 0. The van der Waals surface area contributed by atoms with E-state index in [4.69, 9.17) is 5.73 Å². The van der Waals surface area contributed by atoms with Gasteiger partial charge in [-0.3, -0.25) is 0 Å². The average molecular weight is 407 g/mol. The fraction of sp³-hybridized carbons (Fsp3) is 0.0400. The zero-order valence-corrected chi connectivity index (χ0v) is 15.8. The van der Waals surface area contributed by atoms with Gasteiger partial charge < -0.3 is 5.73 Å². The van der Waals surface area contributed by atoms with Crippen molar-refractivity contribution in [2.24, 2.45) is 5.73 Å². The van der Waals surface area contributed by atoms with E-state index in [9.17, 15) is 17.6 Å². The lowest BCUT2D eigenvalue weighted by molar-refractivity contribution is 0.508. The molecule has 4 rings (SSSR count). The highest BCUT2D eigenvalue weighted by Crippen LogP contribution is 2.32. The predicted octanol–water partition coefficient (Wildman–Crippen LogP) is 6.70. The Morgan fingerprint density at radius 3 is 1.40 bits per heavy atom. The summed E-state index contributed by atoms with van der Waals surface area (Å²) in [6.45, 7) is 0.469. The summed E-state index contributed by atoms with van der Waals surface area (Å²) in [5, 5.41) is 0. The molecular formula is C25H17F4N. The predicted molar refractivity (Wildman–Crippen MR) is 110 cm³/mol. The van der Waals surface area contributed by atoms with Crippen LogP contribution >= 0.6 is 0 Å². The average Bonchev–Trinajstić information content (AvgIpc) is 2.76. The van der Waals surface area contributed by atoms with Crippen LogP contribution in [-0.2, 0) is 6.54 Å². The van der Waals surface area contributed by atoms with Gasteiger partial charge in [0.1, 0.15) is 11.6 Å². The van der Waals surface area contributed by atoms with Crippen LogP contribution in [0.5, 0.6) is 0 Å². The van der Waals surface area contributed by atoms with E-state index in [0.717, 1.165) is 34.9 Å². The highest BCUT2D eigenvalue weighted by molar-refractivity contribution is 5.74. The molecule has 0 saturated heterocycles. The quantitative estimate of drug-likeness (QED) is 0.374. The fourth-order valence-electron chi connectivity index (χ4n) is 3.36. The number of hydrogen-bond donors (Lipinski definition) is 1. The molecule has 4 aromatic rings. The van der Waals surface area contributed by atoms with Crippen molar-refractivity contribution < 1.29 is 17.6 Å². The standard InChI is InChI=1S/C25H17F4N/c26-21-10-9-19(11-22(21)27)25-23(28)12-20(13-24(25)29)18-7-5-17(6-8-18)16-3-1-15(14-30)2-4-16/h1-13H,14,30H2. The van der Waals surface area contributed by atoms with Gasteiger partial charge in [-0.2, -0.15) is 0 Å². The molecule has 4 aromatic carbocycles. The molecule has 0 amide bonds. The van der Waals surface area contributed by atoms with E-state index in [2.05, 4.69) is 0 Å². The number of nitrogens with two attached hydrogens (primary N) is 1. The summed E-state index contributed by atoms with van der Waals surface area (Å²) in [5.41, 5.74) is 9.13. The van der Waals surface area contributed by atoms with Crippen molar-refractivity contribution >= 4 is 0 Å². The molecule has 150 valence electrons. The first-order valence-electron chi connectivity index (χ1n) is 9.30. The van der Waals surface area contributed by atoms with E-state index in [-0.39, 0.29) is 5.56 Å². The van der Waals surface area contributed by atoms with Crippen LogP contribution in [0, 0.1) is 23.3 Å². The number of hydrogen-bond acceptors (Lipinski definition) is 1. The van der Waals surface area contributed by atoms with Crippen molar-refractivity contribution in [2.75, 3.05) is 0 Å². The van der Waals surface area contributed by atoms with Crippen LogP contribution in [0.4, 0.5) is 17.6 Å². The maximum absolute atomic E-state index is 14.7. The SMILES string of the molecule is NCc1ccc(-c2ccc(-c3cc(F)c(-c4ccc(F)c(F)c4)c(F)c3)cc2)cc1. The van der Waals surface area contributed by atoms with Gasteiger partial charge in [0.15, 0.2) is 11.6 Å². The Hall–Kier alpha value is -3.44. The van der Waals surface area contributed by atoms with Gasteiger partial charge in [-0.1, -0.05) is 54.6 Å². The topological polar surface area (TPSA) is 26.0 Å². The minimum absolute atomic E-state index is 0.0632. The summed E-state index contributed by atoms with van der Waals surface area (Å²) in [6.07, 6.45) is 0. The summed E-state index contributed by atoms with van der Waals surface area (Å²) >= 11 is 0. The Bertz CT molecular complexity index is 1180. The van der Waals surface area contributed by atoms with Crippen LogP contribution in [0.25, 0.3) is 33.4 Å². The molecule has 1 nitrogen and oxygen atoms in total. The van der Waals surface area contributed by atoms with E-state index in [0.29, 0.717) is 17.7 Å². The van der Waals surface area contributed by atoms with Crippen molar-refractivity contribution in [3.05, 3.63) is 108 Å². The summed E-state index contributed by atoms with van der Waals surface area (Å²) in [6, 6.07) is 20.3. The van der Waals surface area contributed by atoms with Crippen LogP contribution in [0.3, 0.4) is 0 Å². The second kappa shape index (κ2) is 8.13. The maximum atomic E-state index is 14.7. The summed E-state index contributed by atoms with van der Waals surface area (Å²) in [5.74, 6) is -3.94. The van der Waals surface area contributed by atoms with Gasteiger partial charge in [0.2, 0.25) is 0 Å². The summed E-state index contributed by atoms with van der Waals surface area (Å²) in [7, 11) is 0. The van der Waals surface area contributed by atoms with Crippen LogP contribution in [-0.4, -0.2) is 0 Å². The molecule has 30 heavy (non-hydrogen) atoms. The van der Waals surface area contributed by atoms with E-state index in [1.165, 1.54) is 12.1 Å². The Kier molecular flexibility index (Phi) is 5.38. The third kappa shape index (κ3) is 3.84. The molecular weight excluding hydrogens is 390 g/mol. The molecule has 0 radical (unpaired) electrons. The van der Waals surface area contributed by atoms with Crippen LogP contribution < -0.4 is 5.73 Å². The highest BCUT2D eigenvalue weighted by Gasteiger charge is 2.16. The first kappa shape index (κ1) is 19.9. The Labute approximate surface area is 171 Å². The molecule has 0 aromatic heterocycles. The normalized spacial score (nSPS) is 11.0. The monoisotopic (exact) mass is 407 g/mol.